The van der Waals surface area contributed by atoms with Crippen molar-refractivity contribution in [1.82, 2.24) is 5.32 Å². The standard InChI is InChI=1S/C17H19NO3/c1-3-20-16-8-5-4-7-14(16)10-11-17(19)18-13(2)15-9-6-12-21-15/h4-13H,3H2,1-2H3,(H,18,19)/b11-10+/t13-/m1/s1. The number of nitrogens with one attached hydrogen (secondary N) is 1. The van der Waals surface area contributed by atoms with Crippen molar-refractivity contribution < 1.29 is 13.9 Å². The number of rotatable bonds is 6. The second-order valence-electron chi connectivity index (χ2n) is 4.55. The van der Waals surface area contributed by atoms with E-state index in [-0.39, 0.29) is 11.9 Å². The number of carbonyl (C=O) groups is 1. The normalized spacial score (nSPS) is 12.3. The summed E-state index contributed by atoms with van der Waals surface area (Å²) in [6.07, 6.45) is 4.83. The zero-order valence-electron chi connectivity index (χ0n) is 12.2. The molecule has 1 aromatic carbocycles. The average Bonchev–Trinajstić information content (AvgIpc) is 3.01. The van der Waals surface area contributed by atoms with E-state index in [1.165, 1.54) is 6.08 Å². The molecule has 2 rings (SSSR count). The van der Waals surface area contributed by atoms with Crippen LogP contribution in [0.4, 0.5) is 0 Å². The van der Waals surface area contributed by atoms with Crippen LogP contribution in [-0.4, -0.2) is 12.5 Å². The smallest absolute Gasteiger partial charge is 0.244 e. The molecule has 0 aliphatic heterocycles. The highest BCUT2D eigenvalue weighted by atomic mass is 16.5. The van der Waals surface area contributed by atoms with Crippen LogP contribution in [0.15, 0.2) is 53.2 Å². The molecule has 0 fully saturated rings. The monoisotopic (exact) mass is 285 g/mol. The molecule has 110 valence electrons. The molecular formula is C17H19NO3. The van der Waals surface area contributed by atoms with Gasteiger partial charge >= 0.3 is 0 Å². The van der Waals surface area contributed by atoms with Crippen molar-refractivity contribution in [3.63, 3.8) is 0 Å². The molecule has 1 amide bonds. The highest BCUT2D eigenvalue weighted by Crippen LogP contribution is 2.19. The Hall–Kier alpha value is -2.49. The molecule has 0 spiro atoms. The Balaban J connectivity index is 1.99. The fourth-order valence-electron chi connectivity index (χ4n) is 1.94. The minimum absolute atomic E-state index is 0.167. The Morgan fingerprint density at radius 3 is 2.86 bits per heavy atom. The lowest BCUT2D eigenvalue weighted by Gasteiger charge is -2.09. The van der Waals surface area contributed by atoms with Crippen LogP contribution in [0.1, 0.15) is 31.2 Å². The van der Waals surface area contributed by atoms with Crippen molar-refractivity contribution >= 4 is 12.0 Å². The largest absolute Gasteiger partial charge is 0.493 e. The molecule has 21 heavy (non-hydrogen) atoms. The number of ether oxygens (including phenoxy) is 1. The lowest BCUT2D eigenvalue weighted by molar-refractivity contribution is -0.117. The summed E-state index contributed by atoms with van der Waals surface area (Å²) in [6, 6.07) is 11.1. The van der Waals surface area contributed by atoms with Gasteiger partial charge in [0.25, 0.3) is 0 Å². The van der Waals surface area contributed by atoms with Gasteiger partial charge in [-0.25, -0.2) is 0 Å². The summed E-state index contributed by atoms with van der Waals surface area (Å²) in [6.45, 7) is 4.39. The van der Waals surface area contributed by atoms with Crippen LogP contribution < -0.4 is 10.1 Å². The van der Waals surface area contributed by atoms with Gasteiger partial charge in [0, 0.05) is 11.6 Å². The van der Waals surface area contributed by atoms with Gasteiger partial charge < -0.3 is 14.5 Å². The van der Waals surface area contributed by atoms with Gasteiger partial charge in [-0.3, -0.25) is 4.79 Å². The van der Waals surface area contributed by atoms with Crippen LogP contribution >= 0.6 is 0 Å². The van der Waals surface area contributed by atoms with Crippen LogP contribution in [0.25, 0.3) is 6.08 Å². The number of furan rings is 1. The molecule has 1 aromatic heterocycles. The average molecular weight is 285 g/mol. The number of carbonyl (C=O) groups excluding carboxylic acids is 1. The minimum atomic E-state index is -0.176. The maximum absolute atomic E-state index is 11.9. The van der Waals surface area contributed by atoms with Gasteiger partial charge in [0.2, 0.25) is 5.91 Å². The van der Waals surface area contributed by atoms with E-state index in [4.69, 9.17) is 9.15 Å². The third-order valence-corrected chi connectivity index (χ3v) is 2.96. The Labute approximate surface area is 124 Å². The summed E-state index contributed by atoms with van der Waals surface area (Å²) in [5.41, 5.74) is 0.875. The van der Waals surface area contributed by atoms with Gasteiger partial charge in [-0.1, -0.05) is 18.2 Å². The molecule has 0 radical (unpaired) electrons. The molecule has 0 saturated heterocycles. The Morgan fingerprint density at radius 2 is 2.14 bits per heavy atom. The van der Waals surface area contributed by atoms with E-state index in [0.717, 1.165) is 17.1 Å². The van der Waals surface area contributed by atoms with E-state index in [9.17, 15) is 4.79 Å². The summed E-state index contributed by atoms with van der Waals surface area (Å²) in [5, 5.41) is 2.84. The fourth-order valence-corrected chi connectivity index (χ4v) is 1.94. The zero-order chi connectivity index (χ0) is 15.1. The van der Waals surface area contributed by atoms with E-state index in [1.54, 1.807) is 18.4 Å². The fraction of sp³-hybridized carbons (Fsp3) is 0.235. The van der Waals surface area contributed by atoms with Gasteiger partial charge in [-0.05, 0) is 38.1 Å². The molecule has 0 bridgehead atoms. The maximum atomic E-state index is 11.9. The second-order valence-corrected chi connectivity index (χ2v) is 4.55. The highest BCUT2D eigenvalue weighted by Gasteiger charge is 2.09. The first-order chi connectivity index (χ1) is 10.2. The summed E-state index contributed by atoms with van der Waals surface area (Å²) in [7, 11) is 0. The predicted octanol–water partition coefficient (Wildman–Crippen LogP) is 3.57. The van der Waals surface area contributed by atoms with Crippen molar-refractivity contribution in [2.45, 2.75) is 19.9 Å². The maximum Gasteiger partial charge on any atom is 0.244 e. The van der Waals surface area contributed by atoms with Crippen LogP contribution in [0.3, 0.4) is 0 Å². The zero-order valence-corrected chi connectivity index (χ0v) is 12.2. The van der Waals surface area contributed by atoms with E-state index in [2.05, 4.69) is 5.32 Å². The van der Waals surface area contributed by atoms with Gasteiger partial charge in [-0.2, -0.15) is 0 Å². The lowest BCUT2D eigenvalue weighted by Crippen LogP contribution is -2.24. The second kappa shape index (κ2) is 7.33. The first-order valence-corrected chi connectivity index (χ1v) is 6.94. The van der Waals surface area contributed by atoms with Crippen molar-refractivity contribution in [3.8, 4) is 5.75 Å². The Kier molecular flexibility index (Phi) is 5.21. The van der Waals surface area contributed by atoms with E-state index in [1.807, 2.05) is 44.2 Å². The first-order valence-electron chi connectivity index (χ1n) is 6.94. The van der Waals surface area contributed by atoms with E-state index >= 15 is 0 Å². The molecule has 0 saturated carbocycles. The molecule has 1 N–H and O–H groups in total. The minimum Gasteiger partial charge on any atom is -0.493 e. The molecular weight excluding hydrogens is 266 g/mol. The van der Waals surface area contributed by atoms with Crippen LogP contribution in [0.5, 0.6) is 5.75 Å². The van der Waals surface area contributed by atoms with E-state index in [0.29, 0.717) is 6.61 Å². The molecule has 2 aromatic rings. The number of benzene rings is 1. The van der Waals surface area contributed by atoms with Crippen LogP contribution in [0.2, 0.25) is 0 Å². The van der Waals surface area contributed by atoms with Crippen LogP contribution in [0, 0.1) is 0 Å². The summed E-state index contributed by atoms with van der Waals surface area (Å²) in [4.78, 5) is 11.9. The molecule has 4 heteroatoms. The quantitative estimate of drug-likeness (QED) is 0.825. The number of hydrogen-bond donors (Lipinski definition) is 1. The van der Waals surface area contributed by atoms with Crippen molar-refractivity contribution in [2.75, 3.05) is 6.61 Å². The van der Waals surface area contributed by atoms with Gasteiger partial charge in [-0.15, -0.1) is 0 Å². The van der Waals surface area contributed by atoms with Crippen molar-refractivity contribution in [2.24, 2.45) is 0 Å². The molecule has 0 unspecified atom stereocenters. The topological polar surface area (TPSA) is 51.5 Å². The summed E-state index contributed by atoms with van der Waals surface area (Å²) >= 11 is 0. The Morgan fingerprint density at radius 1 is 1.33 bits per heavy atom. The molecule has 4 nitrogen and oxygen atoms in total. The number of hydrogen-bond acceptors (Lipinski definition) is 3. The van der Waals surface area contributed by atoms with Gasteiger partial charge in [0.05, 0.1) is 18.9 Å². The van der Waals surface area contributed by atoms with Crippen molar-refractivity contribution in [3.05, 3.63) is 60.1 Å². The first kappa shape index (κ1) is 14.9. The molecule has 0 aliphatic carbocycles. The predicted molar refractivity (Wildman–Crippen MR) is 81.9 cm³/mol. The summed E-state index contributed by atoms with van der Waals surface area (Å²) < 4.78 is 10.8. The SMILES string of the molecule is CCOc1ccccc1/C=C/C(=O)N[C@H](C)c1ccco1. The molecule has 1 heterocycles. The molecule has 1 atom stereocenters. The Bertz CT molecular complexity index is 602. The summed E-state index contributed by atoms with van der Waals surface area (Å²) in [5.74, 6) is 1.32. The van der Waals surface area contributed by atoms with E-state index < -0.39 is 0 Å². The lowest BCUT2D eigenvalue weighted by atomic mass is 10.2. The number of para-hydroxylation sites is 1. The van der Waals surface area contributed by atoms with Crippen LogP contribution in [-0.2, 0) is 4.79 Å². The molecule has 0 aliphatic rings. The third kappa shape index (κ3) is 4.24. The van der Waals surface area contributed by atoms with Crippen molar-refractivity contribution in [1.29, 1.82) is 0 Å². The highest BCUT2D eigenvalue weighted by molar-refractivity contribution is 5.92. The van der Waals surface area contributed by atoms with Gasteiger partial charge in [0.15, 0.2) is 0 Å². The number of amides is 1. The van der Waals surface area contributed by atoms with Gasteiger partial charge in [0.1, 0.15) is 11.5 Å². The third-order valence-electron chi connectivity index (χ3n) is 2.96.